The number of nitrogens with zero attached hydrogens (tertiary/aromatic N) is 1. The van der Waals surface area contributed by atoms with Crippen molar-refractivity contribution in [2.24, 2.45) is 0 Å². The van der Waals surface area contributed by atoms with Crippen molar-refractivity contribution < 1.29 is 19.2 Å². The highest BCUT2D eigenvalue weighted by molar-refractivity contribution is 5.98. The van der Waals surface area contributed by atoms with Gasteiger partial charge in [-0.15, -0.1) is 0 Å². The van der Waals surface area contributed by atoms with Gasteiger partial charge in [0, 0.05) is 12.1 Å². The third-order valence-corrected chi connectivity index (χ3v) is 3.97. The smallest absolute Gasteiger partial charge is 0.285 e. The number of fused-ring (bicyclic) bond motifs is 1. The third kappa shape index (κ3) is 3.71. The minimum absolute atomic E-state index is 0.0761. The molecule has 1 amide bonds. The fraction of sp³-hybridized carbons (Fsp3) is 0.278. The SMILES string of the molecule is Cc1cccc(C(=O)NCCc2ccc3c(c2)OCCO3)c1[N+](=O)[O-]. The highest BCUT2D eigenvalue weighted by Crippen LogP contribution is 2.30. The Morgan fingerprint density at radius 2 is 1.96 bits per heavy atom. The van der Waals surface area contributed by atoms with E-state index in [0.29, 0.717) is 37.5 Å². The molecule has 1 N–H and O–H groups in total. The van der Waals surface area contributed by atoms with Gasteiger partial charge in [0.2, 0.25) is 0 Å². The van der Waals surface area contributed by atoms with Gasteiger partial charge in [0.05, 0.1) is 4.92 Å². The third-order valence-electron chi connectivity index (χ3n) is 3.97. The molecule has 0 saturated carbocycles. The molecule has 0 atom stereocenters. The molecule has 7 heteroatoms. The summed E-state index contributed by atoms with van der Waals surface area (Å²) in [7, 11) is 0. The zero-order valence-electron chi connectivity index (χ0n) is 13.8. The summed E-state index contributed by atoms with van der Waals surface area (Å²) in [5.74, 6) is 0.965. The molecule has 1 aliphatic rings. The van der Waals surface area contributed by atoms with Crippen molar-refractivity contribution in [1.82, 2.24) is 5.32 Å². The number of nitro groups is 1. The first-order valence-electron chi connectivity index (χ1n) is 7.97. The van der Waals surface area contributed by atoms with E-state index in [0.717, 1.165) is 11.3 Å². The van der Waals surface area contributed by atoms with E-state index in [2.05, 4.69) is 5.32 Å². The monoisotopic (exact) mass is 342 g/mol. The molecule has 0 unspecified atom stereocenters. The van der Waals surface area contributed by atoms with Crippen LogP contribution in [0.15, 0.2) is 36.4 Å². The second-order valence-corrected chi connectivity index (χ2v) is 5.71. The second kappa shape index (κ2) is 7.21. The summed E-state index contributed by atoms with van der Waals surface area (Å²) in [6, 6.07) is 10.4. The Hall–Kier alpha value is -3.09. The summed E-state index contributed by atoms with van der Waals surface area (Å²) < 4.78 is 11.0. The topological polar surface area (TPSA) is 90.7 Å². The fourth-order valence-electron chi connectivity index (χ4n) is 2.74. The predicted molar refractivity (Wildman–Crippen MR) is 91.3 cm³/mol. The van der Waals surface area contributed by atoms with Crippen molar-refractivity contribution in [2.75, 3.05) is 19.8 Å². The Labute approximate surface area is 144 Å². The lowest BCUT2D eigenvalue weighted by Gasteiger charge is -2.18. The van der Waals surface area contributed by atoms with Crippen LogP contribution >= 0.6 is 0 Å². The van der Waals surface area contributed by atoms with Gasteiger partial charge in [-0.3, -0.25) is 14.9 Å². The van der Waals surface area contributed by atoms with E-state index >= 15 is 0 Å². The summed E-state index contributed by atoms with van der Waals surface area (Å²) in [4.78, 5) is 22.9. The molecular weight excluding hydrogens is 324 g/mol. The summed E-state index contributed by atoms with van der Waals surface area (Å²) in [5, 5.41) is 13.9. The number of amides is 1. The van der Waals surface area contributed by atoms with Gasteiger partial charge in [-0.05, 0) is 37.1 Å². The van der Waals surface area contributed by atoms with Crippen LogP contribution in [0, 0.1) is 17.0 Å². The maximum Gasteiger partial charge on any atom is 0.285 e. The molecule has 25 heavy (non-hydrogen) atoms. The number of carbonyl (C=O) groups is 1. The van der Waals surface area contributed by atoms with Gasteiger partial charge in [-0.2, -0.15) is 0 Å². The lowest BCUT2D eigenvalue weighted by Crippen LogP contribution is -2.26. The average Bonchev–Trinajstić information content (AvgIpc) is 2.61. The van der Waals surface area contributed by atoms with Crippen molar-refractivity contribution >= 4 is 11.6 Å². The molecule has 0 radical (unpaired) electrons. The van der Waals surface area contributed by atoms with E-state index in [1.165, 1.54) is 6.07 Å². The van der Waals surface area contributed by atoms with E-state index in [9.17, 15) is 14.9 Å². The number of hydrogen-bond acceptors (Lipinski definition) is 5. The number of nitrogens with one attached hydrogen (secondary N) is 1. The molecule has 7 nitrogen and oxygen atoms in total. The largest absolute Gasteiger partial charge is 0.486 e. The number of nitro benzene ring substituents is 1. The normalized spacial score (nSPS) is 12.5. The zero-order valence-corrected chi connectivity index (χ0v) is 13.8. The molecule has 2 aromatic carbocycles. The lowest BCUT2D eigenvalue weighted by molar-refractivity contribution is -0.385. The Bertz CT molecular complexity index is 819. The number of rotatable bonds is 5. The van der Waals surface area contributed by atoms with Crippen LogP contribution in [0.25, 0.3) is 0 Å². The molecule has 0 saturated heterocycles. The van der Waals surface area contributed by atoms with Gasteiger partial charge in [0.15, 0.2) is 11.5 Å². The van der Waals surface area contributed by atoms with E-state index < -0.39 is 10.8 Å². The number of ether oxygens (including phenoxy) is 2. The van der Waals surface area contributed by atoms with Crippen LogP contribution in [-0.2, 0) is 6.42 Å². The van der Waals surface area contributed by atoms with Crippen LogP contribution < -0.4 is 14.8 Å². The van der Waals surface area contributed by atoms with Gasteiger partial charge < -0.3 is 14.8 Å². The van der Waals surface area contributed by atoms with Crippen LogP contribution in [0.3, 0.4) is 0 Å². The van der Waals surface area contributed by atoms with Crippen LogP contribution in [0.1, 0.15) is 21.5 Å². The minimum Gasteiger partial charge on any atom is -0.486 e. The first-order chi connectivity index (χ1) is 12.1. The summed E-state index contributed by atoms with van der Waals surface area (Å²) in [6.07, 6.45) is 0.585. The van der Waals surface area contributed by atoms with E-state index in [-0.39, 0.29) is 11.3 Å². The van der Waals surface area contributed by atoms with Crippen LogP contribution in [0.5, 0.6) is 11.5 Å². The van der Waals surface area contributed by atoms with Gasteiger partial charge in [-0.1, -0.05) is 18.2 Å². The molecular formula is C18H18N2O5. The van der Waals surface area contributed by atoms with Crippen LogP contribution in [-0.4, -0.2) is 30.6 Å². The van der Waals surface area contributed by atoms with Crippen molar-refractivity contribution in [1.29, 1.82) is 0 Å². The zero-order chi connectivity index (χ0) is 17.8. The highest BCUT2D eigenvalue weighted by atomic mass is 16.6. The second-order valence-electron chi connectivity index (χ2n) is 5.71. The molecule has 1 aliphatic heterocycles. The van der Waals surface area contributed by atoms with Crippen LogP contribution in [0.2, 0.25) is 0 Å². The maximum atomic E-state index is 12.3. The maximum absolute atomic E-state index is 12.3. The summed E-state index contributed by atoms with van der Waals surface area (Å²) >= 11 is 0. The average molecular weight is 342 g/mol. The molecule has 2 aromatic rings. The fourth-order valence-corrected chi connectivity index (χ4v) is 2.74. The van der Waals surface area contributed by atoms with Crippen molar-refractivity contribution in [2.45, 2.75) is 13.3 Å². The van der Waals surface area contributed by atoms with Gasteiger partial charge in [0.25, 0.3) is 11.6 Å². The molecule has 130 valence electrons. The Balaban J connectivity index is 1.64. The van der Waals surface area contributed by atoms with Crippen molar-refractivity contribution in [3.05, 3.63) is 63.2 Å². The Morgan fingerprint density at radius 1 is 1.20 bits per heavy atom. The van der Waals surface area contributed by atoms with Gasteiger partial charge >= 0.3 is 0 Å². The van der Waals surface area contributed by atoms with Crippen LogP contribution in [0.4, 0.5) is 5.69 Å². The van der Waals surface area contributed by atoms with Gasteiger partial charge in [0.1, 0.15) is 18.8 Å². The number of benzene rings is 2. The molecule has 3 rings (SSSR count). The van der Waals surface area contributed by atoms with E-state index in [1.807, 2.05) is 18.2 Å². The Kier molecular flexibility index (Phi) is 4.83. The van der Waals surface area contributed by atoms with E-state index in [1.54, 1.807) is 19.1 Å². The van der Waals surface area contributed by atoms with Crippen molar-refractivity contribution in [3.63, 3.8) is 0 Å². The van der Waals surface area contributed by atoms with Crippen molar-refractivity contribution in [3.8, 4) is 11.5 Å². The molecule has 0 bridgehead atoms. The van der Waals surface area contributed by atoms with Gasteiger partial charge in [-0.25, -0.2) is 0 Å². The first-order valence-corrected chi connectivity index (χ1v) is 7.97. The first kappa shape index (κ1) is 16.8. The summed E-state index contributed by atoms with van der Waals surface area (Å²) in [6.45, 7) is 3.04. The molecule has 1 heterocycles. The molecule has 0 aliphatic carbocycles. The minimum atomic E-state index is -0.523. The quantitative estimate of drug-likeness (QED) is 0.666. The molecule has 0 fully saturated rings. The number of aryl methyl sites for hydroxylation is 1. The summed E-state index contributed by atoms with van der Waals surface area (Å²) in [5.41, 5.74) is 1.37. The molecule has 0 aromatic heterocycles. The number of para-hydroxylation sites is 1. The lowest BCUT2D eigenvalue weighted by atomic mass is 10.1. The standard InChI is InChI=1S/C18H18N2O5/c1-12-3-2-4-14(17(12)20(22)23)18(21)19-8-7-13-5-6-15-16(11-13)25-10-9-24-15/h2-6,11H,7-10H2,1H3,(H,19,21). The number of hydrogen-bond donors (Lipinski definition) is 1. The highest BCUT2D eigenvalue weighted by Gasteiger charge is 2.22. The molecule has 0 spiro atoms. The van der Waals surface area contributed by atoms with E-state index in [4.69, 9.17) is 9.47 Å². The Morgan fingerprint density at radius 3 is 2.72 bits per heavy atom. The predicted octanol–water partition coefficient (Wildman–Crippen LogP) is 2.65. The number of carbonyl (C=O) groups excluding carboxylic acids is 1.